The summed E-state index contributed by atoms with van der Waals surface area (Å²) in [5.41, 5.74) is 0. The quantitative estimate of drug-likeness (QED) is 0.459. The molecule has 1 atom stereocenters. The summed E-state index contributed by atoms with van der Waals surface area (Å²) in [5, 5.41) is -0.0805. The Morgan fingerprint density at radius 1 is 1.08 bits per heavy atom. The van der Waals surface area contributed by atoms with Crippen LogP contribution in [0.2, 0.25) is 0 Å². The summed E-state index contributed by atoms with van der Waals surface area (Å²) in [7, 11) is 0. The molecule has 0 rings (SSSR count). The fraction of sp³-hybridized carbons (Fsp3) is 1.00. The van der Waals surface area contributed by atoms with Crippen LogP contribution in [0.15, 0.2) is 0 Å². The molecule has 1 unspecified atom stereocenters. The number of halogens is 1. The molecule has 2 nitrogen and oxygen atoms in total. The first kappa shape index (κ1) is 12.2. The molecule has 74 valence electrons. The van der Waals surface area contributed by atoms with Crippen molar-refractivity contribution in [3.63, 3.8) is 0 Å². The van der Waals surface area contributed by atoms with Gasteiger partial charge in [0, 0.05) is 13.2 Å². The van der Waals surface area contributed by atoms with Crippen LogP contribution in [-0.4, -0.2) is 24.9 Å². The molecule has 0 amide bonds. The molecule has 0 spiro atoms. The van der Waals surface area contributed by atoms with Crippen LogP contribution in [0, 0.1) is 0 Å². The van der Waals surface area contributed by atoms with Crippen LogP contribution in [0.5, 0.6) is 0 Å². The van der Waals surface area contributed by atoms with E-state index >= 15 is 0 Å². The van der Waals surface area contributed by atoms with Crippen molar-refractivity contribution in [3.05, 3.63) is 0 Å². The number of hydrogen-bond donors (Lipinski definition) is 0. The summed E-state index contributed by atoms with van der Waals surface area (Å²) in [6.45, 7) is 7.44. The van der Waals surface area contributed by atoms with E-state index in [2.05, 4.69) is 13.8 Å². The Kier molecular flexibility index (Phi) is 7.98. The maximum atomic E-state index is 5.87. The van der Waals surface area contributed by atoms with Crippen molar-refractivity contribution in [2.45, 2.75) is 45.3 Å². The first-order valence-corrected chi connectivity index (χ1v) is 5.03. The zero-order valence-corrected chi connectivity index (χ0v) is 8.93. The van der Waals surface area contributed by atoms with Gasteiger partial charge in [-0.25, -0.2) is 0 Å². The molecular weight excluding hydrogens is 176 g/mol. The summed E-state index contributed by atoms with van der Waals surface area (Å²) in [6.07, 6.45) is 1.75. The molecule has 0 aliphatic carbocycles. The van der Waals surface area contributed by atoms with Crippen molar-refractivity contribution >= 4 is 11.6 Å². The molecule has 0 saturated heterocycles. The molecule has 12 heavy (non-hydrogen) atoms. The Morgan fingerprint density at radius 3 is 1.75 bits per heavy atom. The van der Waals surface area contributed by atoms with Gasteiger partial charge in [0.25, 0.3) is 0 Å². The first-order chi connectivity index (χ1) is 5.72. The van der Waals surface area contributed by atoms with Crippen LogP contribution in [0.3, 0.4) is 0 Å². The van der Waals surface area contributed by atoms with Gasteiger partial charge in [0.2, 0.25) is 0 Å². The van der Waals surface area contributed by atoms with E-state index in [4.69, 9.17) is 21.1 Å². The average molecular weight is 195 g/mol. The predicted molar refractivity (Wildman–Crippen MR) is 51.6 cm³/mol. The zero-order valence-electron chi connectivity index (χ0n) is 8.18. The lowest BCUT2D eigenvalue weighted by Gasteiger charge is -2.19. The second-order valence-electron chi connectivity index (χ2n) is 2.79. The van der Waals surface area contributed by atoms with E-state index in [0.717, 1.165) is 12.8 Å². The largest absolute Gasteiger partial charge is 0.351 e. The standard InChI is InChI=1S/C9H19ClO2/c1-4-6-11-9(8(3)10)12-7-5-2/h8-9H,4-7H2,1-3H3. The molecule has 0 aromatic rings. The molecule has 0 aromatic carbocycles. The van der Waals surface area contributed by atoms with Crippen LogP contribution in [0.1, 0.15) is 33.6 Å². The summed E-state index contributed by atoms with van der Waals surface area (Å²) in [6, 6.07) is 0. The van der Waals surface area contributed by atoms with E-state index in [1.54, 1.807) is 0 Å². The van der Waals surface area contributed by atoms with Crippen LogP contribution in [-0.2, 0) is 9.47 Å². The molecule has 0 aliphatic rings. The smallest absolute Gasteiger partial charge is 0.173 e. The third-order valence-electron chi connectivity index (χ3n) is 1.35. The van der Waals surface area contributed by atoms with Gasteiger partial charge in [-0.05, 0) is 19.8 Å². The third-order valence-corrected chi connectivity index (χ3v) is 1.55. The van der Waals surface area contributed by atoms with Crippen molar-refractivity contribution in [3.8, 4) is 0 Å². The average Bonchev–Trinajstić information content (AvgIpc) is 2.04. The summed E-state index contributed by atoms with van der Waals surface area (Å²) in [4.78, 5) is 0. The molecule has 0 heterocycles. The summed E-state index contributed by atoms with van der Waals surface area (Å²) >= 11 is 5.87. The van der Waals surface area contributed by atoms with E-state index in [-0.39, 0.29) is 11.7 Å². The minimum absolute atomic E-state index is 0.0805. The van der Waals surface area contributed by atoms with Gasteiger partial charge in [0.05, 0.1) is 5.38 Å². The van der Waals surface area contributed by atoms with Gasteiger partial charge in [-0.15, -0.1) is 11.6 Å². The number of ether oxygens (including phenoxy) is 2. The van der Waals surface area contributed by atoms with Gasteiger partial charge < -0.3 is 9.47 Å². The van der Waals surface area contributed by atoms with Crippen LogP contribution < -0.4 is 0 Å². The number of rotatable bonds is 7. The minimum Gasteiger partial charge on any atom is -0.351 e. The molecular formula is C9H19ClO2. The van der Waals surface area contributed by atoms with E-state index in [1.165, 1.54) is 0 Å². The van der Waals surface area contributed by atoms with Crippen molar-refractivity contribution in [2.75, 3.05) is 13.2 Å². The van der Waals surface area contributed by atoms with Crippen LogP contribution in [0.4, 0.5) is 0 Å². The normalized spacial score (nSPS) is 13.8. The highest BCUT2D eigenvalue weighted by Crippen LogP contribution is 2.08. The summed E-state index contributed by atoms with van der Waals surface area (Å²) < 4.78 is 10.8. The molecule has 3 heteroatoms. The number of hydrogen-bond acceptors (Lipinski definition) is 2. The highest BCUT2D eigenvalue weighted by molar-refractivity contribution is 6.20. The highest BCUT2D eigenvalue weighted by Gasteiger charge is 2.14. The fourth-order valence-electron chi connectivity index (χ4n) is 0.781. The molecule has 0 N–H and O–H groups in total. The minimum atomic E-state index is -0.244. The molecule has 0 saturated carbocycles. The van der Waals surface area contributed by atoms with E-state index in [9.17, 15) is 0 Å². The number of alkyl halides is 1. The Balaban J connectivity index is 3.55. The van der Waals surface area contributed by atoms with Crippen LogP contribution >= 0.6 is 11.6 Å². The maximum absolute atomic E-state index is 5.87. The van der Waals surface area contributed by atoms with Crippen molar-refractivity contribution in [2.24, 2.45) is 0 Å². The van der Waals surface area contributed by atoms with Gasteiger partial charge >= 0.3 is 0 Å². The van der Waals surface area contributed by atoms with Crippen LogP contribution in [0.25, 0.3) is 0 Å². The van der Waals surface area contributed by atoms with Gasteiger partial charge in [0.1, 0.15) is 0 Å². The fourth-order valence-corrected chi connectivity index (χ4v) is 0.927. The van der Waals surface area contributed by atoms with Gasteiger partial charge in [-0.3, -0.25) is 0 Å². The molecule has 0 fully saturated rings. The SMILES string of the molecule is CCCOC(OCCC)C(C)Cl. The predicted octanol–water partition coefficient (Wildman–Crippen LogP) is 2.79. The molecule has 0 bridgehead atoms. The topological polar surface area (TPSA) is 18.5 Å². The van der Waals surface area contributed by atoms with Gasteiger partial charge in [-0.1, -0.05) is 13.8 Å². The Labute approximate surface area is 80.2 Å². The summed E-state index contributed by atoms with van der Waals surface area (Å²) in [5.74, 6) is 0. The van der Waals surface area contributed by atoms with Crippen molar-refractivity contribution in [1.29, 1.82) is 0 Å². The first-order valence-electron chi connectivity index (χ1n) is 4.59. The second kappa shape index (κ2) is 7.84. The Hall–Kier alpha value is 0.210. The van der Waals surface area contributed by atoms with Gasteiger partial charge in [-0.2, -0.15) is 0 Å². The molecule has 0 aromatic heterocycles. The highest BCUT2D eigenvalue weighted by atomic mass is 35.5. The van der Waals surface area contributed by atoms with E-state index < -0.39 is 0 Å². The lowest BCUT2D eigenvalue weighted by Crippen LogP contribution is -2.26. The monoisotopic (exact) mass is 194 g/mol. The Bertz CT molecular complexity index is 88.5. The Morgan fingerprint density at radius 2 is 1.50 bits per heavy atom. The second-order valence-corrected chi connectivity index (χ2v) is 3.48. The van der Waals surface area contributed by atoms with E-state index in [0.29, 0.717) is 13.2 Å². The lowest BCUT2D eigenvalue weighted by molar-refractivity contribution is -0.140. The van der Waals surface area contributed by atoms with E-state index in [1.807, 2.05) is 6.92 Å². The third kappa shape index (κ3) is 5.81. The molecule has 0 aliphatic heterocycles. The van der Waals surface area contributed by atoms with Crippen molar-refractivity contribution < 1.29 is 9.47 Å². The molecule has 0 radical (unpaired) electrons. The lowest BCUT2D eigenvalue weighted by atomic mass is 10.4. The van der Waals surface area contributed by atoms with Crippen molar-refractivity contribution in [1.82, 2.24) is 0 Å². The maximum Gasteiger partial charge on any atom is 0.173 e. The zero-order chi connectivity index (χ0) is 9.40. The van der Waals surface area contributed by atoms with Gasteiger partial charge in [0.15, 0.2) is 6.29 Å².